The maximum Gasteiger partial charge on any atom is 0.496 e. The summed E-state index contributed by atoms with van der Waals surface area (Å²) in [7, 11) is 3.72. The van der Waals surface area contributed by atoms with Crippen molar-refractivity contribution in [2.75, 3.05) is 19.0 Å². The van der Waals surface area contributed by atoms with Gasteiger partial charge in [-0.1, -0.05) is 60.7 Å². The summed E-state index contributed by atoms with van der Waals surface area (Å²) >= 11 is 0. The molecule has 5 rings (SSSR count). The second kappa shape index (κ2) is 7.36. The largest absolute Gasteiger partial charge is 0.496 e. The topological polar surface area (TPSA) is 21.7 Å². The number of nitrogens with zero attached hydrogens (tertiary/aromatic N) is 1. The SMILES string of the molecule is CN(C)c1ccc(-c2c3ccccc3c(B3OC(C)(C)C(C)(C)O3)c3ccccc23)cc1. The molecule has 0 spiro atoms. The van der Waals surface area contributed by atoms with Gasteiger partial charge in [0.1, 0.15) is 0 Å². The van der Waals surface area contributed by atoms with Crippen molar-refractivity contribution < 1.29 is 9.31 Å². The third-order valence-electron chi connectivity index (χ3n) is 7.13. The van der Waals surface area contributed by atoms with Gasteiger partial charge in [0.05, 0.1) is 11.2 Å². The zero-order valence-electron chi connectivity index (χ0n) is 19.8. The van der Waals surface area contributed by atoms with E-state index in [0.717, 1.165) is 5.46 Å². The summed E-state index contributed by atoms with van der Waals surface area (Å²) in [6, 6.07) is 26.1. The first-order chi connectivity index (χ1) is 15.2. The molecule has 1 saturated heterocycles. The minimum absolute atomic E-state index is 0.388. The van der Waals surface area contributed by atoms with Crippen LogP contribution in [0.4, 0.5) is 5.69 Å². The van der Waals surface area contributed by atoms with E-state index in [9.17, 15) is 0 Å². The van der Waals surface area contributed by atoms with Gasteiger partial charge < -0.3 is 14.2 Å². The van der Waals surface area contributed by atoms with Crippen LogP contribution in [0.15, 0.2) is 72.8 Å². The quantitative estimate of drug-likeness (QED) is 0.297. The lowest BCUT2D eigenvalue weighted by molar-refractivity contribution is 0.00578. The van der Waals surface area contributed by atoms with Crippen molar-refractivity contribution in [3.63, 3.8) is 0 Å². The molecule has 3 nitrogen and oxygen atoms in total. The molecule has 0 radical (unpaired) electrons. The van der Waals surface area contributed by atoms with Crippen molar-refractivity contribution in [2.24, 2.45) is 0 Å². The molecule has 0 atom stereocenters. The standard InChI is InChI=1S/C28H30BNO2/c1-27(2)28(3,4)32-29(31-27)26-23-13-9-7-11-21(23)25(22-12-8-10-14-24(22)26)19-15-17-20(18-16-19)30(5)6/h7-18H,1-6H3. The minimum atomic E-state index is -0.417. The van der Waals surface area contributed by atoms with E-state index in [1.165, 1.54) is 38.4 Å². The molecule has 0 aromatic heterocycles. The second-order valence-electron chi connectivity index (χ2n) is 9.91. The fourth-order valence-electron chi connectivity index (χ4n) is 4.61. The van der Waals surface area contributed by atoms with Crippen LogP contribution in [0.1, 0.15) is 27.7 Å². The smallest absolute Gasteiger partial charge is 0.399 e. The monoisotopic (exact) mass is 423 g/mol. The number of rotatable bonds is 3. The molecule has 162 valence electrons. The van der Waals surface area contributed by atoms with E-state index in [0.29, 0.717) is 0 Å². The molecule has 0 amide bonds. The lowest BCUT2D eigenvalue weighted by Gasteiger charge is -2.32. The average molecular weight is 423 g/mol. The van der Waals surface area contributed by atoms with Gasteiger partial charge in [-0.2, -0.15) is 0 Å². The molecule has 1 aliphatic heterocycles. The fourth-order valence-corrected chi connectivity index (χ4v) is 4.61. The molecule has 0 bridgehead atoms. The number of fused-ring (bicyclic) bond motifs is 2. The molecule has 0 unspecified atom stereocenters. The maximum absolute atomic E-state index is 6.53. The van der Waals surface area contributed by atoms with E-state index in [4.69, 9.17) is 9.31 Å². The van der Waals surface area contributed by atoms with Crippen LogP contribution in [0.25, 0.3) is 32.7 Å². The zero-order chi connectivity index (χ0) is 22.7. The van der Waals surface area contributed by atoms with Crippen LogP contribution in [0, 0.1) is 0 Å². The first kappa shape index (κ1) is 21.1. The highest BCUT2D eigenvalue weighted by atomic mass is 16.7. The van der Waals surface area contributed by atoms with Gasteiger partial charge in [-0.15, -0.1) is 0 Å². The van der Waals surface area contributed by atoms with Gasteiger partial charge in [0.15, 0.2) is 0 Å². The van der Waals surface area contributed by atoms with Crippen LogP contribution >= 0.6 is 0 Å². The first-order valence-electron chi connectivity index (χ1n) is 11.3. The third-order valence-corrected chi connectivity index (χ3v) is 7.13. The lowest BCUT2D eigenvalue weighted by Crippen LogP contribution is -2.41. The van der Waals surface area contributed by atoms with E-state index in [1.54, 1.807) is 0 Å². The van der Waals surface area contributed by atoms with Crippen LogP contribution in [0.5, 0.6) is 0 Å². The predicted octanol–water partition coefficient (Wildman–Crippen LogP) is 6.03. The highest BCUT2D eigenvalue weighted by molar-refractivity contribution is 6.68. The van der Waals surface area contributed by atoms with Gasteiger partial charge in [-0.05, 0) is 78.0 Å². The van der Waals surface area contributed by atoms with Crippen molar-refractivity contribution in [1.82, 2.24) is 0 Å². The average Bonchev–Trinajstić information content (AvgIpc) is 2.98. The van der Waals surface area contributed by atoms with Crippen molar-refractivity contribution in [2.45, 2.75) is 38.9 Å². The van der Waals surface area contributed by atoms with Gasteiger partial charge in [0.2, 0.25) is 0 Å². The second-order valence-corrected chi connectivity index (χ2v) is 9.91. The van der Waals surface area contributed by atoms with Crippen molar-refractivity contribution >= 4 is 39.8 Å². The van der Waals surface area contributed by atoms with E-state index in [1.807, 2.05) is 0 Å². The number of anilines is 1. The van der Waals surface area contributed by atoms with Crippen molar-refractivity contribution in [1.29, 1.82) is 0 Å². The summed E-state index contributed by atoms with van der Waals surface area (Å²) in [5.74, 6) is 0. The van der Waals surface area contributed by atoms with Crippen molar-refractivity contribution in [3.05, 3.63) is 72.8 Å². The van der Waals surface area contributed by atoms with Crippen LogP contribution in [-0.4, -0.2) is 32.4 Å². The normalized spacial score (nSPS) is 17.2. The Bertz CT molecular complexity index is 1240. The van der Waals surface area contributed by atoms with Crippen molar-refractivity contribution in [3.8, 4) is 11.1 Å². The van der Waals surface area contributed by atoms with Gasteiger partial charge in [0, 0.05) is 19.8 Å². The van der Waals surface area contributed by atoms with Crippen LogP contribution < -0.4 is 10.4 Å². The minimum Gasteiger partial charge on any atom is -0.399 e. The molecule has 1 heterocycles. The van der Waals surface area contributed by atoms with Gasteiger partial charge in [-0.3, -0.25) is 0 Å². The molecule has 4 aromatic carbocycles. The summed E-state index contributed by atoms with van der Waals surface area (Å²) < 4.78 is 13.1. The molecule has 4 heteroatoms. The van der Waals surface area contributed by atoms with Gasteiger partial charge in [0.25, 0.3) is 0 Å². The molecular formula is C28H30BNO2. The van der Waals surface area contributed by atoms with E-state index >= 15 is 0 Å². The van der Waals surface area contributed by atoms with Gasteiger partial charge >= 0.3 is 7.12 Å². The summed E-state index contributed by atoms with van der Waals surface area (Å²) in [5, 5.41) is 4.79. The molecule has 1 aliphatic rings. The molecule has 0 aliphatic carbocycles. The maximum atomic E-state index is 6.53. The molecule has 32 heavy (non-hydrogen) atoms. The number of hydrogen-bond acceptors (Lipinski definition) is 3. The highest BCUT2D eigenvalue weighted by Crippen LogP contribution is 2.40. The van der Waals surface area contributed by atoms with Crippen LogP contribution in [0.2, 0.25) is 0 Å². The third kappa shape index (κ3) is 3.21. The Morgan fingerprint density at radius 3 is 1.50 bits per heavy atom. The summed E-state index contributed by atoms with van der Waals surface area (Å²) in [6.45, 7) is 8.44. The Labute approximate surface area is 191 Å². The highest BCUT2D eigenvalue weighted by Gasteiger charge is 2.52. The van der Waals surface area contributed by atoms with E-state index < -0.39 is 7.12 Å². The number of hydrogen-bond donors (Lipinski definition) is 0. The molecule has 1 fully saturated rings. The first-order valence-corrected chi connectivity index (χ1v) is 11.3. The Hall–Kier alpha value is -2.82. The Balaban J connectivity index is 1.81. The Kier molecular flexibility index (Phi) is 4.84. The van der Waals surface area contributed by atoms with E-state index in [-0.39, 0.29) is 11.2 Å². The van der Waals surface area contributed by atoms with Crippen LogP contribution in [-0.2, 0) is 9.31 Å². The predicted molar refractivity (Wildman–Crippen MR) is 137 cm³/mol. The molecule has 0 saturated carbocycles. The number of benzene rings is 4. The lowest BCUT2D eigenvalue weighted by atomic mass is 9.71. The Morgan fingerprint density at radius 2 is 1.06 bits per heavy atom. The Morgan fingerprint density at radius 1 is 0.625 bits per heavy atom. The van der Waals surface area contributed by atoms with E-state index in [2.05, 4.69) is 119 Å². The van der Waals surface area contributed by atoms with Crippen LogP contribution in [0.3, 0.4) is 0 Å². The zero-order valence-corrected chi connectivity index (χ0v) is 19.8. The summed E-state index contributed by atoms with van der Waals surface area (Å²) in [6.07, 6.45) is 0. The molecular weight excluding hydrogens is 393 g/mol. The molecule has 4 aromatic rings. The van der Waals surface area contributed by atoms with Gasteiger partial charge in [-0.25, -0.2) is 0 Å². The fraction of sp³-hybridized carbons (Fsp3) is 0.286. The summed E-state index contributed by atoms with van der Waals surface area (Å²) in [5.41, 5.74) is 3.99. The molecule has 0 N–H and O–H groups in total. The summed E-state index contributed by atoms with van der Waals surface area (Å²) in [4.78, 5) is 2.13.